The molecule has 0 aliphatic rings. The Hall–Kier alpha value is -2.09. The molecule has 2 rings (SSSR count). The number of hydrogen-bond acceptors (Lipinski definition) is 6. The Morgan fingerprint density at radius 2 is 1.58 bits per heavy atom. The van der Waals surface area contributed by atoms with Gasteiger partial charge in [0.05, 0.1) is 15.1 Å². The van der Waals surface area contributed by atoms with Crippen LogP contribution in [-0.2, 0) is 14.3 Å². The number of benzene rings is 1. The lowest BCUT2D eigenvalue weighted by atomic mass is 10.3. The van der Waals surface area contributed by atoms with Crippen molar-refractivity contribution in [1.82, 2.24) is 9.97 Å². The van der Waals surface area contributed by atoms with Crippen LogP contribution in [0.5, 0.6) is 5.75 Å². The maximum Gasteiger partial charge on any atom is 0.344 e. The number of halogens is 3. The van der Waals surface area contributed by atoms with E-state index in [9.17, 15) is 9.59 Å². The van der Waals surface area contributed by atoms with E-state index in [2.05, 4.69) is 15.3 Å². The molecule has 1 amide bonds. The molecule has 0 unspecified atom stereocenters. The molecule has 0 saturated carbocycles. The third-order valence-electron chi connectivity index (χ3n) is 2.92. The zero-order valence-corrected chi connectivity index (χ0v) is 16.1. The molecule has 0 spiro atoms. The van der Waals surface area contributed by atoms with Crippen LogP contribution in [0.1, 0.15) is 11.4 Å². The minimum Gasteiger partial charge on any atom is -0.480 e. The third-order valence-corrected chi connectivity index (χ3v) is 3.94. The van der Waals surface area contributed by atoms with Crippen LogP contribution in [0.3, 0.4) is 0 Å². The average Bonchev–Trinajstić information content (AvgIpc) is 2.54. The number of aromatic nitrogens is 2. The van der Waals surface area contributed by atoms with Crippen LogP contribution in [0.4, 0.5) is 5.95 Å². The summed E-state index contributed by atoms with van der Waals surface area (Å²) in [5, 5.41) is 3.12. The summed E-state index contributed by atoms with van der Waals surface area (Å²) in [6, 6.07) is 4.54. The van der Waals surface area contributed by atoms with Crippen LogP contribution in [0, 0.1) is 13.8 Å². The largest absolute Gasteiger partial charge is 0.480 e. The van der Waals surface area contributed by atoms with Crippen molar-refractivity contribution in [3.05, 3.63) is 44.7 Å². The fourth-order valence-corrected chi connectivity index (χ4v) is 2.47. The van der Waals surface area contributed by atoms with Gasteiger partial charge < -0.3 is 9.47 Å². The molecule has 0 radical (unpaired) electrons. The Labute approximate surface area is 164 Å². The maximum atomic E-state index is 11.8. The lowest BCUT2D eigenvalue weighted by Gasteiger charge is -2.09. The molecule has 7 nitrogen and oxygen atoms in total. The number of hydrogen-bond donors (Lipinski definition) is 1. The summed E-state index contributed by atoms with van der Waals surface area (Å²) in [5.74, 6) is -1.02. The molecule has 0 saturated heterocycles. The van der Waals surface area contributed by atoms with Crippen molar-refractivity contribution in [2.45, 2.75) is 13.8 Å². The number of anilines is 1. The summed E-state index contributed by atoms with van der Waals surface area (Å²) >= 11 is 17.6. The van der Waals surface area contributed by atoms with E-state index < -0.39 is 25.1 Å². The summed E-state index contributed by atoms with van der Waals surface area (Å²) in [5.41, 5.74) is 1.41. The molecular weight excluding hydrogens is 405 g/mol. The van der Waals surface area contributed by atoms with Crippen LogP contribution in [0.25, 0.3) is 0 Å². The van der Waals surface area contributed by atoms with E-state index in [1.54, 1.807) is 19.9 Å². The first-order valence-corrected chi connectivity index (χ1v) is 8.43. The fourth-order valence-electron chi connectivity index (χ4n) is 1.88. The summed E-state index contributed by atoms with van der Waals surface area (Å²) in [6.07, 6.45) is 0. The normalized spacial score (nSPS) is 10.3. The number of nitrogens with zero attached hydrogens (tertiary/aromatic N) is 2. The fraction of sp³-hybridized carbons (Fsp3) is 0.250. The molecule has 2 aromatic rings. The van der Waals surface area contributed by atoms with E-state index in [1.807, 2.05) is 0 Å². The molecule has 10 heteroatoms. The topological polar surface area (TPSA) is 90.4 Å². The average molecular weight is 419 g/mol. The highest BCUT2D eigenvalue weighted by Gasteiger charge is 2.13. The second kappa shape index (κ2) is 9.02. The van der Waals surface area contributed by atoms with Gasteiger partial charge in [0.25, 0.3) is 5.91 Å². The van der Waals surface area contributed by atoms with Crippen LogP contribution in [0.2, 0.25) is 15.1 Å². The third kappa shape index (κ3) is 6.01. The van der Waals surface area contributed by atoms with Gasteiger partial charge >= 0.3 is 5.97 Å². The van der Waals surface area contributed by atoms with E-state index >= 15 is 0 Å². The van der Waals surface area contributed by atoms with Gasteiger partial charge in [-0.3, -0.25) is 10.1 Å². The predicted octanol–water partition coefficient (Wildman–Crippen LogP) is 3.61. The Morgan fingerprint density at radius 1 is 0.962 bits per heavy atom. The van der Waals surface area contributed by atoms with E-state index in [-0.39, 0.29) is 26.8 Å². The first-order chi connectivity index (χ1) is 12.2. The van der Waals surface area contributed by atoms with E-state index in [1.165, 1.54) is 12.1 Å². The smallest absolute Gasteiger partial charge is 0.344 e. The number of amides is 1. The molecule has 0 aliphatic heterocycles. The summed E-state index contributed by atoms with van der Waals surface area (Å²) < 4.78 is 10.0. The van der Waals surface area contributed by atoms with Crippen LogP contribution in [-0.4, -0.2) is 35.1 Å². The second-order valence-corrected chi connectivity index (χ2v) is 6.39. The summed E-state index contributed by atoms with van der Waals surface area (Å²) in [7, 11) is 0. The molecule has 0 fully saturated rings. The van der Waals surface area contributed by atoms with Crippen LogP contribution < -0.4 is 10.1 Å². The van der Waals surface area contributed by atoms with Crippen molar-refractivity contribution in [3.63, 3.8) is 0 Å². The van der Waals surface area contributed by atoms with Gasteiger partial charge in [-0.25, -0.2) is 14.8 Å². The molecule has 1 heterocycles. The van der Waals surface area contributed by atoms with Crippen molar-refractivity contribution in [2.24, 2.45) is 0 Å². The quantitative estimate of drug-likeness (QED) is 0.569. The van der Waals surface area contributed by atoms with Gasteiger partial charge in [0.2, 0.25) is 5.95 Å². The summed E-state index contributed by atoms with van der Waals surface area (Å²) in [4.78, 5) is 31.6. The predicted molar refractivity (Wildman–Crippen MR) is 98.1 cm³/mol. The van der Waals surface area contributed by atoms with Gasteiger partial charge in [0.15, 0.2) is 13.2 Å². The maximum absolute atomic E-state index is 11.8. The zero-order valence-electron chi connectivity index (χ0n) is 13.8. The second-order valence-electron chi connectivity index (χ2n) is 5.17. The SMILES string of the molecule is Cc1cc(C)nc(NC(=O)COC(=O)COc2cc(Cl)c(Cl)cc2Cl)n1. The first kappa shape index (κ1) is 20.2. The van der Waals surface area contributed by atoms with Crippen molar-refractivity contribution in [1.29, 1.82) is 0 Å². The molecule has 0 atom stereocenters. The van der Waals surface area contributed by atoms with Gasteiger partial charge in [0.1, 0.15) is 5.75 Å². The van der Waals surface area contributed by atoms with E-state index in [4.69, 9.17) is 44.3 Å². The Bertz CT molecular complexity index is 825. The van der Waals surface area contributed by atoms with Gasteiger partial charge in [-0.1, -0.05) is 34.8 Å². The highest BCUT2D eigenvalue weighted by atomic mass is 35.5. The molecule has 26 heavy (non-hydrogen) atoms. The molecule has 0 aliphatic carbocycles. The zero-order chi connectivity index (χ0) is 19.3. The van der Waals surface area contributed by atoms with Gasteiger partial charge in [-0.2, -0.15) is 0 Å². The summed E-state index contributed by atoms with van der Waals surface area (Å²) in [6.45, 7) is 2.59. The highest BCUT2D eigenvalue weighted by molar-refractivity contribution is 6.43. The van der Waals surface area contributed by atoms with Crippen molar-refractivity contribution >= 4 is 52.6 Å². The number of ether oxygens (including phenoxy) is 2. The van der Waals surface area contributed by atoms with Gasteiger partial charge in [-0.15, -0.1) is 0 Å². The lowest BCUT2D eigenvalue weighted by molar-refractivity contribution is -0.149. The Balaban J connectivity index is 1.81. The van der Waals surface area contributed by atoms with E-state index in [0.29, 0.717) is 11.4 Å². The van der Waals surface area contributed by atoms with Gasteiger partial charge in [-0.05, 0) is 26.0 Å². The minimum atomic E-state index is -0.761. The Morgan fingerprint density at radius 3 is 2.23 bits per heavy atom. The number of rotatable bonds is 6. The number of carbonyl (C=O) groups is 2. The number of carbonyl (C=O) groups excluding carboxylic acids is 2. The van der Waals surface area contributed by atoms with Crippen LogP contribution >= 0.6 is 34.8 Å². The molecule has 138 valence electrons. The molecule has 1 aromatic carbocycles. The molecule has 0 bridgehead atoms. The van der Waals surface area contributed by atoms with Gasteiger partial charge in [0, 0.05) is 17.5 Å². The highest BCUT2D eigenvalue weighted by Crippen LogP contribution is 2.33. The monoisotopic (exact) mass is 417 g/mol. The number of esters is 1. The molecule has 1 aromatic heterocycles. The number of aryl methyl sites for hydroxylation is 2. The molecular formula is C16H14Cl3N3O4. The van der Waals surface area contributed by atoms with Crippen molar-refractivity contribution in [2.75, 3.05) is 18.5 Å². The van der Waals surface area contributed by atoms with Crippen LogP contribution in [0.15, 0.2) is 18.2 Å². The Kier molecular flexibility index (Phi) is 7.02. The first-order valence-electron chi connectivity index (χ1n) is 7.29. The minimum absolute atomic E-state index is 0.141. The lowest BCUT2D eigenvalue weighted by Crippen LogP contribution is -2.24. The van der Waals surface area contributed by atoms with Crippen molar-refractivity contribution in [3.8, 4) is 5.75 Å². The van der Waals surface area contributed by atoms with Crippen molar-refractivity contribution < 1.29 is 19.1 Å². The molecule has 1 N–H and O–H groups in total. The van der Waals surface area contributed by atoms with E-state index in [0.717, 1.165) is 0 Å². The standard InChI is InChI=1S/C16H14Cl3N3O4/c1-8-3-9(2)21-16(20-8)22-14(23)6-26-15(24)7-25-13-5-11(18)10(17)4-12(13)19/h3-5H,6-7H2,1-2H3,(H,20,21,22,23). The number of nitrogens with one attached hydrogen (secondary N) is 1.